The van der Waals surface area contributed by atoms with Crippen molar-refractivity contribution in [3.8, 4) is 0 Å². The first-order valence-electron chi connectivity index (χ1n) is 5.26. The molecule has 4 heteroatoms. The summed E-state index contributed by atoms with van der Waals surface area (Å²) in [4.78, 5) is 16.7. The molecule has 0 aliphatic carbocycles. The van der Waals surface area contributed by atoms with Gasteiger partial charge in [0.15, 0.2) is 0 Å². The monoisotopic (exact) mass is 234 g/mol. The van der Waals surface area contributed by atoms with Gasteiger partial charge in [-0.2, -0.15) is 0 Å². The standard InChI is InChI=1S/C11H16.2CHNO/c1-4-10-6-9(3)7-11(5-2)8-10;2*2-1-3/h6-8H,4-5H2,1-3H3;2*2H. The normalized spacial score (nSPS) is 7.47. The van der Waals surface area contributed by atoms with Gasteiger partial charge in [-0.1, -0.05) is 37.6 Å². The van der Waals surface area contributed by atoms with E-state index in [0.717, 1.165) is 25.0 Å². The van der Waals surface area contributed by atoms with E-state index in [9.17, 15) is 0 Å². The van der Waals surface area contributed by atoms with Gasteiger partial charge >= 0.3 is 0 Å². The van der Waals surface area contributed by atoms with Gasteiger partial charge in [0.25, 0.3) is 0 Å². The highest BCUT2D eigenvalue weighted by molar-refractivity contribution is 5.29. The third-order valence-corrected chi connectivity index (χ3v) is 2.01. The molecule has 0 heterocycles. The van der Waals surface area contributed by atoms with Crippen molar-refractivity contribution in [3.05, 3.63) is 34.9 Å². The van der Waals surface area contributed by atoms with Crippen molar-refractivity contribution in [2.45, 2.75) is 33.6 Å². The van der Waals surface area contributed by atoms with Gasteiger partial charge in [0.1, 0.15) is 0 Å². The highest BCUT2D eigenvalue weighted by atomic mass is 16.1. The summed E-state index contributed by atoms with van der Waals surface area (Å²) in [5.41, 5.74) is 4.31. The van der Waals surface area contributed by atoms with E-state index in [-0.39, 0.29) is 0 Å². The molecule has 17 heavy (non-hydrogen) atoms. The summed E-state index contributed by atoms with van der Waals surface area (Å²) < 4.78 is 0. The number of carbonyl (C=O) groups excluding carboxylic acids is 2. The lowest BCUT2D eigenvalue weighted by Crippen LogP contribution is -1.87. The summed E-state index contributed by atoms with van der Waals surface area (Å²) in [7, 11) is 0. The number of nitrogens with one attached hydrogen (secondary N) is 2. The van der Waals surface area contributed by atoms with Gasteiger partial charge in [0, 0.05) is 0 Å². The lowest BCUT2D eigenvalue weighted by molar-refractivity contribution is 0.562. The molecular weight excluding hydrogens is 216 g/mol. The number of isocyanates is 2. The first kappa shape index (κ1) is 17.4. The molecule has 0 saturated carbocycles. The zero-order valence-corrected chi connectivity index (χ0v) is 10.5. The van der Waals surface area contributed by atoms with Gasteiger partial charge in [-0.3, -0.25) is 0 Å². The van der Waals surface area contributed by atoms with E-state index in [1.807, 2.05) is 0 Å². The molecule has 0 aromatic heterocycles. The third-order valence-electron chi connectivity index (χ3n) is 2.01. The highest BCUT2D eigenvalue weighted by Crippen LogP contribution is 2.10. The van der Waals surface area contributed by atoms with Crippen molar-refractivity contribution in [1.82, 2.24) is 0 Å². The Labute approximate surface area is 102 Å². The van der Waals surface area contributed by atoms with Crippen LogP contribution in [0.2, 0.25) is 0 Å². The SMILES string of the molecule is CCc1cc(C)cc(CC)c1.N=C=O.N=C=O. The fraction of sp³-hybridized carbons (Fsp3) is 0.385. The van der Waals surface area contributed by atoms with Gasteiger partial charge in [-0.15, -0.1) is 0 Å². The van der Waals surface area contributed by atoms with Crippen LogP contribution in [0, 0.1) is 17.7 Å². The first-order valence-corrected chi connectivity index (χ1v) is 5.26. The van der Waals surface area contributed by atoms with Gasteiger partial charge in [-0.05, 0) is 30.9 Å². The lowest BCUT2D eigenvalue weighted by Gasteiger charge is -2.02. The van der Waals surface area contributed by atoms with Gasteiger partial charge in [0.05, 0.1) is 0 Å². The number of hydrogen-bond acceptors (Lipinski definition) is 4. The molecule has 0 fully saturated rings. The van der Waals surface area contributed by atoms with Crippen LogP contribution >= 0.6 is 0 Å². The van der Waals surface area contributed by atoms with Gasteiger partial charge in [0.2, 0.25) is 12.2 Å². The molecule has 1 aromatic rings. The van der Waals surface area contributed by atoms with E-state index in [1.54, 1.807) is 0 Å². The average Bonchev–Trinajstić information content (AvgIpc) is 2.30. The van der Waals surface area contributed by atoms with E-state index in [1.165, 1.54) is 16.7 Å². The van der Waals surface area contributed by atoms with Crippen LogP contribution in [0.1, 0.15) is 30.5 Å². The molecule has 0 saturated heterocycles. The van der Waals surface area contributed by atoms with Crippen molar-refractivity contribution >= 4 is 12.2 Å². The quantitative estimate of drug-likeness (QED) is 0.609. The predicted molar refractivity (Wildman–Crippen MR) is 66.8 cm³/mol. The maximum Gasteiger partial charge on any atom is 0.231 e. The van der Waals surface area contributed by atoms with Gasteiger partial charge < -0.3 is 0 Å². The summed E-state index contributed by atoms with van der Waals surface area (Å²) in [6, 6.07) is 6.82. The third kappa shape index (κ3) is 10.3. The van der Waals surface area contributed by atoms with E-state index in [2.05, 4.69) is 39.0 Å². The molecule has 1 rings (SSSR count). The Hall–Kier alpha value is -2.02. The number of rotatable bonds is 2. The lowest BCUT2D eigenvalue weighted by atomic mass is 10.0. The van der Waals surface area contributed by atoms with E-state index in [4.69, 9.17) is 20.4 Å². The summed E-state index contributed by atoms with van der Waals surface area (Å²) in [6.45, 7) is 6.57. The second kappa shape index (κ2) is 12.1. The van der Waals surface area contributed by atoms with Crippen LogP contribution < -0.4 is 0 Å². The van der Waals surface area contributed by atoms with E-state index in [0.29, 0.717) is 0 Å². The minimum absolute atomic E-state index is 0.750. The largest absolute Gasteiger partial charge is 0.231 e. The molecule has 0 aliphatic heterocycles. The van der Waals surface area contributed by atoms with Crippen molar-refractivity contribution < 1.29 is 9.59 Å². The Morgan fingerprint density at radius 2 is 1.24 bits per heavy atom. The minimum Gasteiger partial charge on any atom is -0.222 e. The van der Waals surface area contributed by atoms with Crippen LogP contribution in [0.15, 0.2) is 18.2 Å². The van der Waals surface area contributed by atoms with E-state index < -0.39 is 0 Å². The molecule has 4 nitrogen and oxygen atoms in total. The molecule has 0 spiro atoms. The Kier molecular flexibility index (Phi) is 12.3. The molecule has 92 valence electrons. The van der Waals surface area contributed by atoms with E-state index >= 15 is 0 Å². The average molecular weight is 234 g/mol. The topological polar surface area (TPSA) is 81.8 Å². The van der Waals surface area contributed by atoms with Crippen molar-refractivity contribution in [3.63, 3.8) is 0 Å². The molecule has 0 amide bonds. The number of aryl methyl sites for hydroxylation is 3. The van der Waals surface area contributed by atoms with Crippen LogP contribution in [0.5, 0.6) is 0 Å². The van der Waals surface area contributed by atoms with Crippen LogP contribution in [0.3, 0.4) is 0 Å². The molecule has 1 aromatic carbocycles. The zero-order valence-electron chi connectivity index (χ0n) is 10.5. The summed E-state index contributed by atoms with van der Waals surface area (Å²) >= 11 is 0. The maximum absolute atomic E-state index is 8.35. The molecule has 0 bridgehead atoms. The van der Waals surface area contributed by atoms with Crippen LogP contribution in [-0.2, 0) is 22.4 Å². The van der Waals surface area contributed by atoms with Crippen molar-refractivity contribution in [2.75, 3.05) is 0 Å². The summed E-state index contributed by atoms with van der Waals surface area (Å²) in [5, 5.41) is 10.8. The Morgan fingerprint density at radius 1 is 0.941 bits per heavy atom. The molecule has 0 aliphatic rings. The van der Waals surface area contributed by atoms with Crippen LogP contribution in [-0.4, -0.2) is 12.2 Å². The van der Waals surface area contributed by atoms with Gasteiger partial charge in [-0.25, -0.2) is 20.4 Å². The van der Waals surface area contributed by atoms with Crippen molar-refractivity contribution in [1.29, 1.82) is 10.8 Å². The highest BCUT2D eigenvalue weighted by Gasteiger charge is 1.94. The summed E-state index contributed by atoms with van der Waals surface area (Å²) in [5.74, 6) is 0. The Bertz CT molecular complexity index is 354. The van der Waals surface area contributed by atoms with Crippen molar-refractivity contribution in [2.24, 2.45) is 0 Å². The fourth-order valence-corrected chi connectivity index (χ4v) is 1.36. The maximum atomic E-state index is 8.35. The predicted octanol–water partition coefficient (Wildman–Crippen LogP) is 2.92. The molecule has 2 N–H and O–H groups in total. The summed E-state index contributed by atoms with van der Waals surface area (Å²) in [6.07, 6.45) is 3.80. The number of hydrogen-bond donors (Lipinski definition) is 2. The first-order chi connectivity index (χ1) is 8.09. The minimum atomic E-state index is 0.750. The second-order valence-corrected chi connectivity index (χ2v) is 3.24. The molecular formula is C13H18N2O2. The second-order valence-electron chi connectivity index (χ2n) is 3.24. The van der Waals surface area contributed by atoms with Crippen LogP contribution in [0.4, 0.5) is 0 Å². The molecule has 0 radical (unpaired) electrons. The fourth-order valence-electron chi connectivity index (χ4n) is 1.36. The van der Waals surface area contributed by atoms with Crippen LogP contribution in [0.25, 0.3) is 0 Å². The molecule has 0 unspecified atom stereocenters. The smallest absolute Gasteiger partial charge is 0.222 e. The molecule has 0 atom stereocenters. The Balaban J connectivity index is 0. The number of benzene rings is 1. The zero-order chi connectivity index (χ0) is 13.7. The Morgan fingerprint density at radius 3 is 1.47 bits per heavy atom.